The van der Waals surface area contributed by atoms with Gasteiger partial charge >= 0.3 is 0 Å². The van der Waals surface area contributed by atoms with Crippen LogP contribution in [0.25, 0.3) is 0 Å². The van der Waals surface area contributed by atoms with Gasteiger partial charge in [-0.1, -0.05) is 66.7 Å². The van der Waals surface area contributed by atoms with Crippen LogP contribution in [-0.2, 0) is 11.2 Å². The lowest BCUT2D eigenvalue weighted by molar-refractivity contribution is -0.117. The first-order valence-corrected chi connectivity index (χ1v) is 8.52. The van der Waals surface area contributed by atoms with Crippen LogP contribution in [0, 0.1) is 0 Å². The summed E-state index contributed by atoms with van der Waals surface area (Å²) in [6.07, 6.45) is 0.908. The molecule has 3 nitrogen and oxygen atoms in total. The van der Waals surface area contributed by atoms with E-state index in [2.05, 4.69) is 17.4 Å². The quantitative estimate of drug-likeness (QED) is 0.619. The zero-order valence-electron chi connectivity index (χ0n) is 14.5. The molecule has 3 rings (SSSR count). The third-order valence-corrected chi connectivity index (χ3v) is 3.99. The van der Waals surface area contributed by atoms with Gasteiger partial charge in [-0.05, 0) is 42.8 Å². The Hall–Kier alpha value is -2.62. The summed E-state index contributed by atoms with van der Waals surface area (Å²) in [5.74, 6) is 0.0328. The lowest BCUT2D eigenvalue weighted by Gasteiger charge is -2.23. The Bertz CT molecular complexity index is 740. The number of benzene rings is 3. The Morgan fingerprint density at radius 3 is 1.69 bits per heavy atom. The van der Waals surface area contributed by atoms with E-state index in [0.717, 1.165) is 24.3 Å². The van der Waals surface area contributed by atoms with E-state index in [1.54, 1.807) is 4.90 Å². The maximum absolute atomic E-state index is 12.8. The molecule has 134 valence electrons. The van der Waals surface area contributed by atoms with Crippen molar-refractivity contribution < 1.29 is 4.79 Å². The Balaban J connectivity index is 0.00000243. The maximum Gasteiger partial charge on any atom is 0.245 e. The summed E-state index contributed by atoms with van der Waals surface area (Å²) in [4.78, 5) is 14.6. The largest absolute Gasteiger partial charge is 0.308 e. The number of carbonyl (C=O) groups is 1. The van der Waals surface area contributed by atoms with E-state index >= 15 is 0 Å². The van der Waals surface area contributed by atoms with E-state index in [4.69, 9.17) is 0 Å². The van der Waals surface area contributed by atoms with Crippen LogP contribution in [0.15, 0.2) is 91.0 Å². The predicted octanol–water partition coefficient (Wildman–Crippen LogP) is 4.61. The third-order valence-electron chi connectivity index (χ3n) is 3.99. The van der Waals surface area contributed by atoms with Crippen LogP contribution in [0.1, 0.15) is 5.56 Å². The van der Waals surface area contributed by atoms with Gasteiger partial charge in [0.2, 0.25) is 5.91 Å². The fourth-order valence-corrected chi connectivity index (χ4v) is 2.74. The molecule has 0 saturated heterocycles. The van der Waals surface area contributed by atoms with E-state index in [1.807, 2.05) is 78.9 Å². The van der Waals surface area contributed by atoms with Crippen LogP contribution in [-0.4, -0.2) is 19.0 Å². The fourth-order valence-electron chi connectivity index (χ4n) is 2.74. The van der Waals surface area contributed by atoms with Gasteiger partial charge in [0.1, 0.15) is 0 Å². The number of halogens is 1. The molecule has 3 aromatic carbocycles. The Kier molecular flexibility index (Phi) is 7.87. The molecule has 0 spiro atoms. The zero-order chi connectivity index (χ0) is 17.3. The SMILES string of the molecule is Cl.O=C(CNCCc1ccccc1)N(c1ccccc1)c1ccccc1. The first kappa shape index (κ1) is 19.7. The van der Waals surface area contributed by atoms with Gasteiger partial charge in [0.05, 0.1) is 6.54 Å². The van der Waals surface area contributed by atoms with E-state index in [-0.39, 0.29) is 18.3 Å². The van der Waals surface area contributed by atoms with Gasteiger partial charge in [0.15, 0.2) is 0 Å². The van der Waals surface area contributed by atoms with Gasteiger partial charge < -0.3 is 5.32 Å². The number of nitrogens with one attached hydrogen (secondary N) is 1. The van der Waals surface area contributed by atoms with E-state index in [0.29, 0.717) is 6.54 Å². The van der Waals surface area contributed by atoms with Crippen molar-refractivity contribution in [1.82, 2.24) is 5.32 Å². The van der Waals surface area contributed by atoms with Gasteiger partial charge in [0.25, 0.3) is 0 Å². The minimum absolute atomic E-state index is 0. The van der Waals surface area contributed by atoms with Gasteiger partial charge in [-0.15, -0.1) is 12.4 Å². The number of rotatable bonds is 7. The van der Waals surface area contributed by atoms with Gasteiger partial charge in [-0.2, -0.15) is 0 Å². The van der Waals surface area contributed by atoms with Crippen LogP contribution in [0.5, 0.6) is 0 Å². The average molecular weight is 367 g/mol. The number of carbonyl (C=O) groups excluding carboxylic acids is 1. The van der Waals surface area contributed by atoms with Crippen molar-refractivity contribution in [2.75, 3.05) is 18.0 Å². The van der Waals surface area contributed by atoms with Crippen LogP contribution >= 0.6 is 12.4 Å². The Labute approximate surface area is 161 Å². The first-order valence-electron chi connectivity index (χ1n) is 8.52. The highest BCUT2D eigenvalue weighted by atomic mass is 35.5. The maximum atomic E-state index is 12.8. The Morgan fingerprint density at radius 2 is 1.19 bits per heavy atom. The topological polar surface area (TPSA) is 32.3 Å². The highest BCUT2D eigenvalue weighted by Gasteiger charge is 2.16. The van der Waals surface area contributed by atoms with Crippen molar-refractivity contribution in [2.24, 2.45) is 0 Å². The molecule has 0 aliphatic rings. The lowest BCUT2D eigenvalue weighted by Crippen LogP contribution is -2.36. The monoisotopic (exact) mass is 366 g/mol. The van der Waals surface area contributed by atoms with E-state index in [9.17, 15) is 4.79 Å². The molecule has 0 aliphatic heterocycles. The molecule has 3 aromatic rings. The molecular formula is C22H23ClN2O. The Morgan fingerprint density at radius 1 is 0.731 bits per heavy atom. The van der Waals surface area contributed by atoms with Crippen molar-refractivity contribution in [3.8, 4) is 0 Å². The molecule has 0 aliphatic carbocycles. The third kappa shape index (κ3) is 5.45. The molecule has 1 N–H and O–H groups in total. The molecule has 26 heavy (non-hydrogen) atoms. The van der Waals surface area contributed by atoms with Crippen LogP contribution in [0.4, 0.5) is 11.4 Å². The second-order valence-electron chi connectivity index (χ2n) is 5.81. The normalized spacial score (nSPS) is 10.0. The number of hydrogen-bond donors (Lipinski definition) is 1. The fraction of sp³-hybridized carbons (Fsp3) is 0.136. The summed E-state index contributed by atoms with van der Waals surface area (Å²) in [5, 5.41) is 3.26. The van der Waals surface area contributed by atoms with Crippen molar-refractivity contribution in [1.29, 1.82) is 0 Å². The molecule has 1 amide bonds. The van der Waals surface area contributed by atoms with Crippen LogP contribution in [0.2, 0.25) is 0 Å². The molecule has 0 unspecified atom stereocenters. The van der Waals surface area contributed by atoms with Gasteiger partial charge in [0, 0.05) is 11.4 Å². The smallest absolute Gasteiger partial charge is 0.245 e. The average Bonchev–Trinajstić information content (AvgIpc) is 2.68. The number of anilines is 2. The second-order valence-corrected chi connectivity index (χ2v) is 5.81. The number of hydrogen-bond acceptors (Lipinski definition) is 2. The summed E-state index contributed by atoms with van der Waals surface area (Å²) in [7, 11) is 0. The molecule has 0 aromatic heterocycles. The summed E-state index contributed by atoms with van der Waals surface area (Å²) < 4.78 is 0. The molecule has 0 bridgehead atoms. The summed E-state index contributed by atoms with van der Waals surface area (Å²) in [6.45, 7) is 1.07. The van der Waals surface area contributed by atoms with Crippen molar-refractivity contribution in [2.45, 2.75) is 6.42 Å². The molecule has 0 radical (unpaired) electrons. The molecular weight excluding hydrogens is 344 g/mol. The summed E-state index contributed by atoms with van der Waals surface area (Å²) in [5.41, 5.74) is 3.03. The van der Waals surface area contributed by atoms with Crippen molar-refractivity contribution >= 4 is 29.7 Å². The van der Waals surface area contributed by atoms with Crippen LogP contribution in [0.3, 0.4) is 0 Å². The highest BCUT2D eigenvalue weighted by Crippen LogP contribution is 2.24. The van der Waals surface area contributed by atoms with E-state index in [1.165, 1.54) is 5.56 Å². The molecule has 0 heterocycles. The molecule has 0 atom stereocenters. The number of para-hydroxylation sites is 2. The minimum atomic E-state index is 0. The minimum Gasteiger partial charge on any atom is -0.308 e. The molecule has 0 saturated carbocycles. The number of amides is 1. The zero-order valence-corrected chi connectivity index (χ0v) is 15.4. The second kappa shape index (κ2) is 10.4. The van der Waals surface area contributed by atoms with E-state index < -0.39 is 0 Å². The number of nitrogens with zero attached hydrogens (tertiary/aromatic N) is 1. The van der Waals surface area contributed by atoms with Crippen LogP contribution < -0.4 is 10.2 Å². The highest BCUT2D eigenvalue weighted by molar-refractivity contribution is 6.01. The van der Waals surface area contributed by atoms with Crippen molar-refractivity contribution in [3.05, 3.63) is 96.6 Å². The standard InChI is InChI=1S/C22H22N2O.ClH/c25-22(18-23-17-16-19-10-4-1-5-11-19)24(20-12-6-2-7-13-20)21-14-8-3-9-15-21;/h1-15,23H,16-18H2;1H. The predicted molar refractivity (Wildman–Crippen MR) is 110 cm³/mol. The van der Waals surface area contributed by atoms with Gasteiger partial charge in [-0.25, -0.2) is 0 Å². The molecule has 4 heteroatoms. The van der Waals surface area contributed by atoms with Gasteiger partial charge in [-0.3, -0.25) is 9.69 Å². The summed E-state index contributed by atoms with van der Waals surface area (Å²) in [6, 6.07) is 29.8. The van der Waals surface area contributed by atoms with Crippen molar-refractivity contribution in [3.63, 3.8) is 0 Å². The first-order chi connectivity index (χ1) is 12.3. The lowest BCUT2D eigenvalue weighted by atomic mass is 10.1. The summed E-state index contributed by atoms with van der Waals surface area (Å²) >= 11 is 0. The molecule has 0 fully saturated rings.